The molecule has 2 N–H and O–H groups in total. The Hall–Kier alpha value is -1.59. The van der Waals surface area contributed by atoms with Gasteiger partial charge in [0.25, 0.3) is 0 Å². The molecule has 0 spiro atoms. The van der Waals surface area contributed by atoms with E-state index in [1.54, 1.807) is 7.11 Å². The second-order valence-corrected chi connectivity index (χ2v) is 5.47. The average Bonchev–Trinajstić information content (AvgIpc) is 2.96. The van der Waals surface area contributed by atoms with Crippen LogP contribution in [0.2, 0.25) is 0 Å². The lowest BCUT2D eigenvalue weighted by Gasteiger charge is -2.26. The molecule has 0 radical (unpaired) electrons. The van der Waals surface area contributed by atoms with Crippen molar-refractivity contribution in [3.05, 3.63) is 24.3 Å². The van der Waals surface area contributed by atoms with Gasteiger partial charge in [0.15, 0.2) is 0 Å². The van der Waals surface area contributed by atoms with Crippen molar-refractivity contribution in [1.29, 1.82) is 0 Å². The highest BCUT2D eigenvalue weighted by Crippen LogP contribution is 2.28. The van der Waals surface area contributed by atoms with Crippen LogP contribution in [0.15, 0.2) is 24.3 Å². The summed E-state index contributed by atoms with van der Waals surface area (Å²) in [5.41, 5.74) is 0.283. The van der Waals surface area contributed by atoms with E-state index in [0.29, 0.717) is 19.8 Å². The SMILES string of the molecule is CCCOc1cccc(NC(=O)C2(COC)CCNC2)c1. The summed E-state index contributed by atoms with van der Waals surface area (Å²) in [6, 6.07) is 7.51. The van der Waals surface area contributed by atoms with Crippen molar-refractivity contribution in [1.82, 2.24) is 5.32 Å². The van der Waals surface area contributed by atoms with Gasteiger partial charge in [0.2, 0.25) is 5.91 Å². The molecule has 0 bridgehead atoms. The number of hydrogen-bond donors (Lipinski definition) is 2. The highest BCUT2D eigenvalue weighted by molar-refractivity contribution is 5.96. The normalized spacial score (nSPS) is 21.2. The summed E-state index contributed by atoms with van der Waals surface area (Å²) in [5, 5.41) is 6.23. The molecule has 21 heavy (non-hydrogen) atoms. The highest BCUT2D eigenvalue weighted by Gasteiger charge is 2.41. The maximum absolute atomic E-state index is 12.6. The maximum atomic E-state index is 12.6. The zero-order chi connectivity index (χ0) is 15.1. The molecule has 5 nitrogen and oxygen atoms in total. The van der Waals surface area contributed by atoms with Crippen LogP contribution in [0, 0.1) is 5.41 Å². The fourth-order valence-electron chi connectivity index (χ4n) is 2.55. The first kappa shape index (κ1) is 15.8. The van der Waals surface area contributed by atoms with Gasteiger partial charge < -0.3 is 20.1 Å². The summed E-state index contributed by atoms with van der Waals surface area (Å²) < 4.78 is 10.8. The van der Waals surface area contributed by atoms with Gasteiger partial charge in [-0.2, -0.15) is 0 Å². The summed E-state index contributed by atoms with van der Waals surface area (Å²) in [6.45, 7) is 4.66. The first-order valence-electron chi connectivity index (χ1n) is 7.44. The van der Waals surface area contributed by atoms with Gasteiger partial charge >= 0.3 is 0 Å². The number of amides is 1. The molecule has 1 aliphatic heterocycles. The number of carbonyl (C=O) groups excluding carboxylic acids is 1. The predicted octanol–water partition coefficient (Wildman–Crippen LogP) is 2.04. The van der Waals surface area contributed by atoms with Crippen molar-refractivity contribution in [2.24, 2.45) is 5.41 Å². The van der Waals surface area contributed by atoms with E-state index < -0.39 is 5.41 Å². The Labute approximate surface area is 126 Å². The maximum Gasteiger partial charge on any atom is 0.234 e. The zero-order valence-electron chi connectivity index (χ0n) is 12.8. The van der Waals surface area contributed by atoms with Crippen molar-refractivity contribution in [3.8, 4) is 5.75 Å². The summed E-state index contributed by atoms with van der Waals surface area (Å²) in [7, 11) is 1.63. The van der Waals surface area contributed by atoms with Crippen molar-refractivity contribution in [2.45, 2.75) is 19.8 Å². The third-order valence-electron chi connectivity index (χ3n) is 3.71. The number of hydrogen-bond acceptors (Lipinski definition) is 4. The third-order valence-corrected chi connectivity index (χ3v) is 3.71. The minimum atomic E-state index is -0.477. The van der Waals surface area contributed by atoms with Crippen LogP contribution in [0.5, 0.6) is 5.75 Å². The molecule has 116 valence electrons. The zero-order valence-corrected chi connectivity index (χ0v) is 12.8. The molecule has 1 aromatic carbocycles. The predicted molar refractivity (Wildman–Crippen MR) is 82.7 cm³/mol. The summed E-state index contributed by atoms with van der Waals surface area (Å²) in [5.74, 6) is 0.780. The molecule has 0 saturated carbocycles. The molecule has 0 aromatic heterocycles. The fraction of sp³-hybridized carbons (Fsp3) is 0.562. The largest absolute Gasteiger partial charge is 0.494 e. The Bertz CT molecular complexity index is 470. The minimum Gasteiger partial charge on any atom is -0.494 e. The van der Waals surface area contributed by atoms with Crippen LogP contribution in [-0.2, 0) is 9.53 Å². The molecule has 0 aliphatic carbocycles. The number of rotatable bonds is 7. The molecular weight excluding hydrogens is 268 g/mol. The molecule has 1 heterocycles. The van der Waals surface area contributed by atoms with Crippen molar-refractivity contribution in [2.75, 3.05) is 38.7 Å². The number of carbonyl (C=O) groups is 1. The number of anilines is 1. The minimum absolute atomic E-state index is 0.00184. The molecule has 1 amide bonds. The molecular formula is C16H24N2O3. The van der Waals surface area contributed by atoms with E-state index in [1.165, 1.54) is 0 Å². The number of methoxy groups -OCH3 is 1. The third kappa shape index (κ3) is 3.95. The first-order valence-corrected chi connectivity index (χ1v) is 7.44. The van der Waals surface area contributed by atoms with Crippen LogP contribution >= 0.6 is 0 Å². The lowest BCUT2D eigenvalue weighted by atomic mass is 9.87. The first-order chi connectivity index (χ1) is 10.2. The van der Waals surface area contributed by atoms with Crippen LogP contribution in [0.25, 0.3) is 0 Å². The Morgan fingerprint density at radius 1 is 1.48 bits per heavy atom. The molecule has 1 atom stereocenters. The molecule has 1 aliphatic rings. The standard InChI is InChI=1S/C16H24N2O3/c1-3-9-21-14-6-4-5-13(10-14)18-15(19)16(12-20-2)7-8-17-11-16/h4-6,10,17H,3,7-9,11-12H2,1-2H3,(H,18,19). The monoisotopic (exact) mass is 292 g/mol. The summed E-state index contributed by atoms with van der Waals surface area (Å²) >= 11 is 0. The fourth-order valence-corrected chi connectivity index (χ4v) is 2.55. The second kappa shape index (κ2) is 7.43. The van der Waals surface area contributed by atoms with E-state index in [0.717, 1.165) is 30.8 Å². The molecule has 1 fully saturated rings. The summed E-state index contributed by atoms with van der Waals surface area (Å²) in [4.78, 5) is 12.6. The number of nitrogens with one attached hydrogen (secondary N) is 2. The van der Waals surface area contributed by atoms with Gasteiger partial charge in [-0.3, -0.25) is 4.79 Å². The van der Waals surface area contributed by atoms with Gasteiger partial charge in [0.05, 0.1) is 18.6 Å². The number of benzene rings is 1. The second-order valence-electron chi connectivity index (χ2n) is 5.47. The lowest BCUT2D eigenvalue weighted by molar-refractivity contribution is -0.127. The Morgan fingerprint density at radius 3 is 3.00 bits per heavy atom. The van der Waals surface area contributed by atoms with Gasteiger partial charge in [0.1, 0.15) is 5.75 Å². The molecule has 1 aromatic rings. The molecule has 1 saturated heterocycles. The smallest absolute Gasteiger partial charge is 0.234 e. The highest BCUT2D eigenvalue weighted by atomic mass is 16.5. The van der Waals surface area contributed by atoms with E-state index >= 15 is 0 Å². The van der Waals surface area contributed by atoms with E-state index in [2.05, 4.69) is 17.6 Å². The van der Waals surface area contributed by atoms with Crippen molar-refractivity contribution < 1.29 is 14.3 Å². The van der Waals surface area contributed by atoms with Crippen LogP contribution < -0.4 is 15.4 Å². The Balaban J connectivity index is 2.04. The van der Waals surface area contributed by atoms with Gasteiger partial charge in [-0.05, 0) is 31.5 Å². The van der Waals surface area contributed by atoms with E-state index in [9.17, 15) is 4.79 Å². The van der Waals surface area contributed by atoms with Crippen LogP contribution in [0.3, 0.4) is 0 Å². The molecule has 2 rings (SSSR count). The Morgan fingerprint density at radius 2 is 2.33 bits per heavy atom. The van der Waals surface area contributed by atoms with Crippen LogP contribution in [0.1, 0.15) is 19.8 Å². The van der Waals surface area contributed by atoms with Crippen molar-refractivity contribution in [3.63, 3.8) is 0 Å². The van der Waals surface area contributed by atoms with Crippen molar-refractivity contribution >= 4 is 11.6 Å². The van der Waals surface area contributed by atoms with E-state index in [-0.39, 0.29) is 5.91 Å². The van der Waals surface area contributed by atoms with Gasteiger partial charge in [0, 0.05) is 25.4 Å². The average molecular weight is 292 g/mol. The van der Waals surface area contributed by atoms with Gasteiger partial charge in [-0.25, -0.2) is 0 Å². The quantitative estimate of drug-likeness (QED) is 0.807. The summed E-state index contributed by atoms with van der Waals surface area (Å²) in [6.07, 6.45) is 1.75. The van der Waals surface area contributed by atoms with E-state index in [1.807, 2.05) is 24.3 Å². The topological polar surface area (TPSA) is 59.6 Å². The van der Waals surface area contributed by atoms with E-state index in [4.69, 9.17) is 9.47 Å². The van der Waals surface area contributed by atoms with Gasteiger partial charge in [-0.1, -0.05) is 13.0 Å². The van der Waals surface area contributed by atoms with Crippen LogP contribution in [0.4, 0.5) is 5.69 Å². The van der Waals surface area contributed by atoms with Gasteiger partial charge in [-0.15, -0.1) is 0 Å². The Kier molecular flexibility index (Phi) is 5.59. The molecule has 5 heteroatoms. The number of ether oxygens (including phenoxy) is 2. The molecule has 1 unspecified atom stereocenters. The van der Waals surface area contributed by atoms with Crippen LogP contribution in [-0.4, -0.2) is 39.3 Å². The lowest BCUT2D eigenvalue weighted by Crippen LogP contribution is -2.41.